The summed E-state index contributed by atoms with van der Waals surface area (Å²) in [7, 11) is 1.49. The van der Waals surface area contributed by atoms with Crippen LogP contribution in [0.2, 0.25) is 5.02 Å². The summed E-state index contributed by atoms with van der Waals surface area (Å²) in [4.78, 5) is 38.1. The number of halogens is 1. The number of pyridine rings is 1. The molecule has 38 heavy (non-hydrogen) atoms. The summed E-state index contributed by atoms with van der Waals surface area (Å²) in [6.07, 6.45) is -0.417. The van der Waals surface area contributed by atoms with Gasteiger partial charge in [-0.3, -0.25) is 9.59 Å². The first-order valence-corrected chi connectivity index (χ1v) is 12.1. The molecule has 0 aliphatic heterocycles. The summed E-state index contributed by atoms with van der Waals surface area (Å²) in [5.41, 5.74) is 1.49. The molecule has 0 aliphatic carbocycles. The zero-order valence-corrected chi connectivity index (χ0v) is 21.5. The molecule has 4 aromatic rings. The molecule has 4 rings (SSSR count). The summed E-state index contributed by atoms with van der Waals surface area (Å²) in [5, 5.41) is 26.2. The van der Waals surface area contributed by atoms with Crippen molar-refractivity contribution in [2.24, 2.45) is 0 Å². The van der Waals surface area contributed by atoms with Gasteiger partial charge in [-0.1, -0.05) is 54.1 Å². The van der Waals surface area contributed by atoms with Crippen LogP contribution in [0, 0.1) is 6.92 Å². The van der Waals surface area contributed by atoms with Crippen LogP contribution in [-0.2, 0) is 11.3 Å². The van der Waals surface area contributed by atoms with Crippen LogP contribution in [0.1, 0.15) is 29.2 Å². The highest BCUT2D eigenvalue weighted by Gasteiger charge is 2.23. The molecule has 1 heterocycles. The fraction of sp³-hybridized carbons (Fsp3) is 0.179. The molecule has 0 fully saturated rings. The molecule has 0 bridgehead atoms. The number of nitrogens with one attached hydrogen (secondary N) is 2. The number of anilines is 1. The molecule has 0 aliphatic rings. The number of hydrogen-bond donors (Lipinski definition) is 4. The van der Waals surface area contributed by atoms with Gasteiger partial charge in [0, 0.05) is 10.4 Å². The number of para-hydroxylation sites is 1. The van der Waals surface area contributed by atoms with Crippen LogP contribution in [0.15, 0.2) is 71.5 Å². The van der Waals surface area contributed by atoms with Crippen molar-refractivity contribution >= 4 is 40.2 Å². The molecule has 196 valence electrons. The van der Waals surface area contributed by atoms with E-state index >= 15 is 0 Å². The fourth-order valence-electron chi connectivity index (χ4n) is 4.24. The number of urea groups is 1. The van der Waals surface area contributed by atoms with Crippen molar-refractivity contribution in [3.05, 3.63) is 98.8 Å². The molecule has 3 aromatic carbocycles. The van der Waals surface area contributed by atoms with Gasteiger partial charge in [0.05, 0.1) is 31.6 Å². The SMILES string of the molecule is COc1cc([C@H](CC(=O)O)NC(=O)Nc2c(O)c3ccccc3n(Cc3ccccc3Cl)c2=O)ccc1C. The normalized spacial score (nSPS) is 11.7. The number of hydrogen-bond acceptors (Lipinski definition) is 5. The standard InChI is InChI=1S/C28H26ClN3O6/c1-16-11-12-17(13-23(16)38-2)21(14-24(33)34)30-28(37)31-25-26(35)19-8-4-6-10-22(19)32(27(25)36)15-18-7-3-5-9-20(18)29/h3-13,21,35H,14-15H2,1-2H3,(H,33,34)(H2,30,31,37)/t21-/m0/s1. The average Bonchev–Trinajstić information content (AvgIpc) is 2.89. The van der Waals surface area contributed by atoms with E-state index in [9.17, 15) is 24.6 Å². The molecule has 0 radical (unpaired) electrons. The van der Waals surface area contributed by atoms with Crippen LogP contribution in [-0.4, -0.2) is 33.9 Å². The second-order valence-corrected chi connectivity index (χ2v) is 9.11. The second-order valence-electron chi connectivity index (χ2n) is 8.70. The maximum Gasteiger partial charge on any atom is 0.319 e. The number of nitrogens with zero attached hydrogens (tertiary/aromatic N) is 1. The number of carboxylic acid groups (broad SMARTS) is 1. The van der Waals surface area contributed by atoms with Crippen molar-refractivity contribution < 1.29 is 24.5 Å². The van der Waals surface area contributed by atoms with Crippen molar-refractivity contribution in [3.63, 3.8) is 0 Å². The Morgan fingerprint density at radius 2 is 1.79 bits per heavy atom. The molecule has 10 heteroatoms. The van der Waals surface area contributed by atoms with E-state index in [4.69, 9.17) is 16.3 Å². The Hall–Kier alpha value is -4.50. The van der Waals surface area contributed by atoms with Gasteiger partial charge in [0.1, 0.15) is 5.75 Å². The van der Waals surface area contributed by atoms with E-state index in [0.717, 1.165) is 5.56 Å². The van der Waals surface area contributed by atoms with E-state index in [-0.39, 0.29) is 12.2 Å². The van der Waals surface area contributed by atoms with Crippen LogP contribution in [0.3, 0.4) is 0 Å². The van der Waals surface area contributed by atoms with Crippen LogP contribution in [0.4, 0.5) is 10.5 Å². The number of benzene rings is 3. The number of aromatic hydroxyl groups is 1. The topological polar surface area (TPSA) is 130 Å². The smallest absolute Gasteiger partial charge is 0.319 e. The molecule has 0 unspecified atom stereocenters. The van der Waals surface area contributed by atoms with Crippen molar-refractivity contribution in [1.82, 2.24) is 9.88 Å². The third-order valence-electron chi connectivity index (χ3n) is 6.19. The Bertz CT molecular complexity index is 1580. The van der Waals surface area contributed by atoms with Crippen LogP contribution >= 0.6 is 11.6 Å². The summed E-state index contributed by atoms with van der Waals surface area (Å²) in [6.45, 7) is 1.94. The minimum atomic E-state index is -1.13. The number of fused-ring (bicyclic) bond motifs is 1. The van der Waals surface area contributed by atoms with E-state index in [1.54, 1.807) is 66.7 Å². The molecular weight excluding hydrogens is 510 g/mol. The van der Waals surface area contributed by atoms with E-state index in [2.05, 4.69) is 10.6 Å². The van der Waals surface area contributed by atoms with Crippen molar-refractivity contribution in [3.8, 4) is 11.5 Å². The number of amides is 2. The molecule has 1 aromatic heterocycles. The first-order valence-electron chi connectivity index (χ1n) is 11.7. The van der Waals surface area contributed by atoms with Crippen LogP contribution in [0.5, 0.6) is 11.5 Å². The molecule has 1 atom stereocenters. The summed E-state index contributed by atoms with van der Waals surface area (Å²) >= 11 is 6.32. The lowest BCUT2D eigenvalue weighted by molar-refractivity contribution is -0.137. The van der Waals surface area contributed by atoms with E-state index in [0.29, 0.717) is 32.8 Å². The number of rotatable bonds is 8. The van der Waals surface area contributed by atoms with Gasteiger partial charge < -0.3 is 30.2 Å². The molecule has 9 nitrogen and oxygen atoms in total. The van der Waals surface area contributed by atoms with E-state index in [1.807, 2.05) is 6.92 Å². The van der Waals surface area contributed by atoms with Crippen LogP contribution < -0.4 is 20.9 Å². The van der Waals surface area contributed by atoms with E-state index in [1.165, 1.54) is 11.7 Å². The predicted octanol–water partition coefficient (Wildman–Crippen LogP) is 5.06. The highest BCUT2D eigenvalue weighted by molar-refractivity contribution is 6.31. The highest BCUT2D eigenvalue weighted by atomic mass is 35.5. The maximum absolute atomic E-state index is 13.5. The Morgan fingerprint density at radius 3 is 2.50 bits per heavy atom. The highest BCUT2D eigenvalue weighted by Crippen LogP contribution is 2.31. The van der Waals surface area contributed by atoms with Gasteiger partial charge in [-0.05, 0) is 47.9 Å². The zero-order chi connectivity index (χ0) is 27.4. The number of aryl methyl sites for hydroxylation is 1. The lowest BCUT2D eigenvalue weighted by Crippen LogP contribution is -2.36. The van der Waals surface area contributed by atoms with Gasteiger partial charge in [-0.2, -0.15) is 0 Å². The number of carbonyl (C=O) groups excluding carboxylic acids is 1. The van der Waals surface area contributed by atoms with Gasteiger partial charge in [-0.15, -0.1) is 0 Å². The lowest BCUT2D eigenvalue weighted by Gasteiger charge is -2.20. The Kier molecular flexibility index (Phi) is 7.87. The first kappa shape index (κ1) is 26.6. The lowest BCUT2D eigenvalue weighted by atomic mass is 10.0. The monoisotopic (exact) mass is 535 g/mol. The molecular formula is C28H26ClN3O6. The average molecular weight is 536 g/mol. The number of ether oxygens (including phenoxy) is 1. The van der Waals surface area contributed by atoms with Crippen LogP contribution in [0.25, 0.3) is 10.9 Å². The maximum atomic E-state index is 13.5. The van der Waals surface area contributed by atoms with Crippen molar-refractivity contribution in [1.29, 1.82) is 0 Å². The van der Waals surface area contributed by atoms with E-state index < -0.39 is 35.8 Å². The predicted molar refractivity (Wildman–Crippen MR) is 145 cm³/mol. The van der Waals surface area contributed by atoms with Crippen molar-refractivity contribution in [2.45, 2.75) is 25.9 Å². The quantitative estimate of drug-likeness (QED) is 0.249. The number of carbonyl (C=O) groups is 2. The minimum Gasteiger partial charge on any atom is -0.505 e. The van der Waals surface area contributed by atoms with Crippen molar-refractivity contribution in [2.75, 3.05) is 12.4 Å². The zero-order valence-electron chi connectivity index (χ0n) is 20.7. The van der Waals surface area contributed by atoms with Gasteiger partial charge in [0.2, 0.25) is 0 Å². The summed E-state index contributed by atoms with van der Waals surface area (Å²) in [6, 6.07) is 17.1. The molecule has 0 saturated carbocycles. The Morgan fingerprint density at radius 1 is 1.08 bits per heavy atom. The molecule has 0 saturated heterocycles. The van der Waals surface area contributed by atoms with Gasteiger partial charge in [0.25, 0.3) is 5.56 Å². The summed E-state index contributed by atoms with van der Waals surface area (Å²) < 4.78 is 6.73. The molecule has 0 spiro atoms. The first-order chi connectivity index (χ1) is 18.2. The van der Waals surface area contributed by atoms with Gasteiger partial charge in [0.15, 0.2) is 11.4 Å². The third-order valence-corrected chi connectivity index (χ3v) is 6.56. The van der Waals surface area contributed by atoms with Gasteiger partial charge in [-0.25, -0.2) is 4.79 Å². The Labute approximate surface area is 223 Å². The largest absolute Gasteiger partial charge is 0.505 e. The number of aromatic nitrogens is 1. The second kappa shape index (κ2) is 11.3. The molecule has 4 N–H and O–H groups in total. The number of carboxylic acids is 1. The summed E-state index contributed by atoms with van der Waals surface area (Å²) in [5.74, 6) is -0.997. The van der Waals surface area contributed by atoms with Gasteiger partial charge >= 0.3 is 12.0 Å². The molecule has 2 amide bonds. The third kappa shape index (κ3) is 5.57. The fourth-order valence-corrected chi connectivity index (χ4v) is 4.44. The number of methoxy groups -OCH3 is 1. The Balaban J connectivity index is 1.70. The number of aliphatic carboxylic acids is 1. The minimum absolute atomic E-state index is 0.0976.